The molecule has 0 N–H and O–H groups in total. The predicted molar refractivity (Wildman–Crippen MR) is 131 cm³/mol. The average molecular weight is 444 g/mol. The summed E-state index contributed by atoms with van der Waals surface area (Å²) in [7, 11) is 3.00. The number of carbonyl (C=O) groups is 1. The molecule has 0 aromatic heterocycles. The van der Waals surface area contributed by atoms with Crippen molar-refractivity contribution in [3.63, 3.8) is 0 Å². The van der Waals surface area contributed by atoms with Gasteiger partial charge in [-0.1, -0.05) is 78.9 Å². The Kier molecular flexibility index (Phi) is 8.98. The van der Waals surface area contributed by atoms with Crippen LogP contribution in [0.5, 0.6) is 5.75 Å². The van der Waals surface area contributed by atoms with Crippen LogP contribution in [0.15, 0.2) is 103 Å². The van der Waals surface area contributed by atoms with Gasteiger partial charge < -0.3 is 14.2 Å². The highest BCUT2D eigenvalue weighted by Crippen LogP contribution is 2.19. The highest BCUT2D eigenvalue weighted by atomic mass is 16.5. The van der Waals surface area contributed by atoms with Crippen LogP contribution in [-0.4, -0.2) is 38.5 Å². The summed E-state index contributed by atoms with van der Waals surface area (Å²) < 4.78 is 16.2. The number of benzene rings is 3. The molecule has 3 rings (SSSR count). The van der Waals surface area contributed by atoms with Gasteiger partial charge in [0.2, 0.25) is 0 Å². The Morgan fingerprint density at radius 2 is 1.48 bits per heavy atom. The zero-order valence-electron chi connectivity index (χ0n) is 19.0. The molecule has 0 heterocycles. The molecule has 0 amide bonds. The molecular weight excluding hydrogens is 414 g/mol. The van der Waals surface area contributed by atoms with Gasteiger partial charge in [-0.05, 0) is 17.7 Å². The van der Waals surface area contributed by atoms with Gasteiger partial charge in [-0.15, -0.1) is 6.58 Å². The third-order valence-electron chi connectivity index (χ3n) is 5.25. The Bertz CT molecular complexity index is 1000. The predicted octanol–water partition coefficient (Wildman–Crippen LogP) is 5.09. The van der Waals surface area contributed by atoms with Crippen molar-refractivity contribution in [2.45, 2.75) is 12.6 Å². The maximum atomic E-state index is 12.8. The number of esters is 1. The van der Waals surface area contributed by atoms with E-state index >= 15 is 0 Å². The van der Waals surface area contributed by atoms with E-state index in [9.17, 15) is 4.79 Å². The van der Waals surface area contributed by atoms with Gasteiger partial charge in [0.15, 0.2) is 6.04 Å². The minimum absolute atomic E-state index is 0.273. The van der Waals surface area contributed by atoms with Crippen molar-refractivity contribution in [1.82, 2.24) is 0 Å². The van der Waals surface area contributed by atoms with Crippen LogP contribution in [-0.2, 0) is 20.9 Å². The molecule has 3 aromatic carbocycles. The summed E-state index contributed by atoms with van der Waals surface area (Å²) in [5.41, 5.74) is 3.55. The molecule has 0 unspecified atom stereocenters. The standard InChI is InChI=1S/C28H29NO4/c1-4-22(20-33-19-21-15-17-25(31-2)18-16-21)27(28(30)32-3)29-26(23-11-7-5-8-12-23)24-13-9-6-10-14-24/h4-18,22,27H,1,19-20H2,2-3H3/t22-,27+/m1/s1. The molecule has 0 spiro atoms. The quantitative estimate of drug-likeness (QED) is 0.235. The fraction of sp³-hybridized carbons (Fsp3) is 0.214. The lowest BCUT2D eigenvalue weighted by atomic mass is 9.98. The zero-order valence-corrected chi connectivity index (χ0v) is 19.0. The fourth-order valence-corrected chi connectivity index (χ4v) is 3.41. The molecule has 0 aliphatic heterocycles. The van der Waals surface area contributed by atoms with Crippen molar-refractivity contribution >= 4 is 11.7 Å². The first-order valence-corrected chi connectivity index (χ1v) is 10.8. The molecule has 0 aliphatic rings. The van der Waals surface area contributed by atoms with Crippen LogP contribution in [0.25, 0.3) is 0 Å². The second-order valence-electron chi connectivity index (χ2n) is 7.44. The van der Waals surface area contributed by atoms with Crippen molar-refractivity contribution in [2.75, 3.05) is 20.8 Å². The smallest absolute Gasteiger partial charge is 0.331 e. The minimum atomic E-state index is -0.793. The number of carbonyl (C=O) groups excluding carboxylic acids is 1. The first-order valence-electron chi connectivity index (χ1n) is 10.8. The van der Waals surface area contributed by atoms with Gasteiger partial charge in [0.25, 0.3) is 0 Å². The number of hydrogen-bond donors (Lipinski definition) is 0. The number of nitrogens with zero attached hydrogens (tertiary/aromatic N) is 1. The van der Waals surface area contributed by atoms with Crippen molar-refractivity contribution in [3.05, 3.63) is 114 Å². The lowest BCUT2D eigenvalue weighted by molar-refractivity contribution is -0.143. The van der Waals surface area contributed by atoms with E-state index in [0.717, 1.165) is 22.4 Å². The molecular formula is C28H29NO4. The maximum Gasteiger partial charge on any atom is 0.331 e. The summed E-state index contributed by atoms with van der Waals surface area (Å²) in [5.74, 6) is -0.00686. The molecule has 5 nitrogen and oxygen atoms in total. The van der Waals surface area contributed by atoms with Gasteiger partial charge >= 0.3 is 5.97 Å². The van der Waals surface area contributed by atoms with Crippen LogP contribution in [0.3, 0.4) is 0 Å². The van der Waals surface area contributed by atoms with Crippen molar-refractivity contribution in [3.8, 4) is 5.75 Å². The minimum Gasteiger partial charge on any atom is -0.497 e. The maximum absolute atomic E-state index is 12.8. The number of hydrogen-bond acceptors (Lipinski definition) is 5. The molecule has 2 atom stereocenters. The molecule has 0 aliphatic carbocycles. The van der Waals surface area contributed by atoms with Crippen LogP contribution < -0.4 is 4.74 Å². The van der Waals surface area contributed by atoms with Gasteiger partial charge in [0, 0.05) is 17.0 Å². The van der Waals surface area contributed by atoms with Crippen LogP contribution in [0, 0.1) is 5.92 Å². The van der Waals surface area contributed by atoms with E-state index in [2.05, 4.69) is 6.58 Å². The Morgan fingerprint density at radius 1 is 0.909 bits per heavy atom. The van der Waals surface area contributed by atoms with Crippen LogP contribution in [0.1, 0.15) is 16.7 Å². The van der Waals surface area contributed by atoms with Crippen molar-refractivity contribution < 1.29 is 19.0 Å². The summed E-state index contributed by atoms with van der Waals surface area (Å²) in [6, 6.07) is 26.5. The molecule has 0 radical (unpaired) electrons. The highest BCUT2D eigenvalue weighted by molar-refractivity contribution is 6.13. The Morgan fingerprint density at radius 3 is 1.97 bits per heavy atom. The SMILES string of the molecule is C=C[C@H](COCc1ccc(OC)cc1)[C@H](N=C(c1ccccc1)c1ccccc1)C(=O)OC. The van der Waals surface area contributed by atoms with Crippen molar-refractivity contribution in [1.29, 1.82) is 0 Å². The van der Waals surface area contributed by atoms with Gasteiger partial charge in [0.05, 0.1) is 33.1 Å². The molecule has 3 aromatic rings. The van der Waals surface area contributed by atoms with E-state index in [4.69, 9.17) is 19.2 Å². The van der Waals surface area contributed by atoms with Gasteiger partial charge in [-0.2, -0.15) is 0 Å². The number of rotatable bonds is 11. The monoisotopic (exact) mass is 443 g/mol. The Hall–Kier alpha value is -3.70. The third kappa shape index (κ3) is 6.64. The van der Waals surface area contributed by atoms with E-state index in [1.165, 1.54) is 7.11 Å². The van der Waals surface area contributed by atoms with Gasteiger partial charge in [-0.3, -0.25) is 4.99 Å². The number of ether oxygens (including phenoxy) is 3. The second-order valence-corrected chi connectivity index (χ2v) is 7.44. The molecule has 0 fully saturated rings. The van der Waals surface area contributed by atoms with E-state index in [-0.39, 0.29) is 12.5 Å². The van der Waals surface area contributed by atoms with E-state index in [1.807, 2.05) is 84.9 Å². The van der Waals surface area contributed by atoms with Crippen LogP contribution >= 0.6 is 0 Å². The first kappa shape index (κ1) is 24.0. The zero-order chi connectivity index (χ0) is 23.5. The highest BCUT2D eigenvalue weighted by Gasteiger charge is 2.28. The largest absolute Gasteiger partial charge is 0.497 e. The van der Waals surface area contributed by atoms with Gasteiger partial charge in [0.1, 0.15) is 5.75 Å². The normalized spacial score (nSPS) is 12.3. The molecule has 5 heteroatoms. The summed E-state index contributed by atoms with van der Waals surface area (Å²) in [5, 5.41) is 0. The summed E-state index contributed by atoms with van der Waals surface area (Å²) >= 11 is 0. The topological polar surface area (TPSA) is 57.1 Å². The first-order chi connectivity index (χ1) is 16.2. The van der Waals surface area contributed by atoms with Gasteiger partial charge in [-0.25, -0.2) is 4.79 Å². The second kappa shape index (κ2) is 12.4. The number of aliphatic imine (C=N–C) groups is 1. The molecule has 0 bridgehead atoms. The van der Waals surface area contributed by atoms with Crippen LogP contribution in [0.4, 0.5) is 0 Å². The molecule has 0 saturated carbocycles. The summed E-state index contributed by atoms with van der Waals surface area (Å²) in [6.45, 7) is 4.60. The Labute approximate surface area is 195 Å². The van der Waals surface area contributed by atoms with E-state index < -0.39 is 12.0 Å². The summed E-state index contributed by atoms with van der Waals surface area (Å²) in [6.07, 6.45) is 1.70. The molecule has 170 valence electrons. The molecule has 0 saturated heterocycles. The van der Waals surface area contributed by atoms with Crippen molar-refractivity contribution in [2.24, 2.45) is 10.9 Å². The lowest BCUT2D eigenvalue weighted by Crippen LogP contribution is -2.32. The fourth-order valence-electron chi connectivity index (χ4n) is 3.41. The average Bonchev–Trinajstić information content (AvgIpc) is 2.89. The number of methoxy groups -OCH3 is 2. The molecule has 33 heavy (non-hydrogen) atoms. The summed E-state index contributed by atoms with van der Waals surface area (Å²) in [4.78, 5) is 17.6. The van der Waals surface area contributed by atoms with Crippen LogP contribution in [0.2, 0.25) is 0 Å². The third-order valence-corrected chi connectivity index (χ3v) is 5.25. The lowest BCUT2D eigenvalue weighted by Gasteiger charge is -2.21. The Balaban J connectivity index is 1.85. The van der Waals surface area contributed by atoms with E-state index in [0.29, 0.717) is 12.3 Å². The van der Waals surface area contributed by atoms with E-state index in [1.54, 1.807) is 13.2 Å².